The van der Waals surface area contributed by atoms with Crippen LogP contribution in [0, 0.1) is 0 Å². The standard InChI is InChI=1S/C51H36B5N3O2/c52-43-42(44(53)46(55)47(56)45(43)54)30-19-17-28(18-20-30)27-13-15-29(16-14-27)32-21-23-35-38-25-33(22-24-40(38)60-41(35)26-32)50-57-49(31-7-2-1-3-8-31)58-51(59-50)37-11-6-10-36-34-9-4-5-12-39(34)61-48(36)37/h1-26H,52-56H2. The molecule has 0 bridgehead atoms. The van der Waals surface area contributed by atoms with E-state index in [0.717, 1.165) is 71.7 Å². The summed E-state index contributed by atoms with van der Waals surface area (Å²) >= 11 is 0. The Morgan fingerprint density at radius 3 is 1.56 bits per heavy atom. The van der Waals surface area contributed by atoms with Crippen molar-refractivity contribution in [2.24, 2.45) is 0 Å². The average Bonchev–Trinajstić information content (AvgIpc) is 3.88. The number of para-hydroxylation sites is 2. The SMILES string of the molecule is Bc1c(B)c(B)c(-c2ccc(-c3ccc(-c4ccc5c(c4)oc4ccc(-c6nc(-c7ccccc7)nc(-c7cccc8c7oc7ccccc78)n6)cc45)cc3)cc2)c(B)c1B. The first-order valence-electron chi connectivity index (χ1n) is 20.8. The molecule has 0 unspecified atom stereocenters. The zero-order valence-electron chi connectivity index (χ0n) is 34.7. The summed E-state index contributed by atoms with van der Waals surface area (Å²) in [6.07, 6.45) is 0. The summed E-state index contributed by atoms with van der Waals surface area (Å²) in [6.45, 7) is 0. The van der Waals surface area contributed by atoms with Crippen molar-refractivity contribution in [2.45, 2.75) is 0 Å². The van der Waals surface area contributed by atoms with Crippen LogP contribution in [0.2, 0.25) is 0 Å². The van der Waals surface area contributed by atoms with Crippen molar-refractivity contribution in [3.63, 3.8) is 0 Å². The van der Waals surface area contributed by atoms with Crippen molar-refractivity contribution in [3.05, 3.63) is 158 Å². The van der Waals surface area contributed by atoms with Crippen LogP contribution < -0.4 is 27.3 Å². The van der Waals surface area contributed by atoms with Gasteiger partial charge in [0.05, 0.1) is 5.56 Å². The van der Waals surface area contributed by atoms with Crippen LogP contribution in [0.1, 0.15) is 0 Å². The Hall–Kier alpha value is -7.31. The molecule has 3 aromatic heterocycles. The first-order valence-corrected chi connectivity index (χ1v) is 20.8. The lowest BCUT2D eigenvalue weighted by Gasteiger charge is -2.20. The fourth-order valence-electron chi connectivity index (χ4n) is 8.98. The molecular formula is C51H36B5N3O2. The molecule has 0 atom stereocenters. The smallest absolute Gasteiger partial charge is 0.167 e. The molecule has 0 aliphatic heterocycles. The van der Waals surface area contributed by atoms with E-state index in [1.807, 2.05) is 72.8 Å². The number of benzene rings is 8. The second-order valence-corrected chi connectivity index (χ2v) is 16.1. The van der Waals surface area contributed by atoms with Gasteiger partial charge in [0.25, 0.3) is 0 Å². The topological polar surface area (TPSA) is 65.0 Å². The van der Waals surface area contributed by atoms with Gasteiger partial charge in [-0.15, -0.1) is 16.4 Å². The Morgan fingerprint density at radius 2 is 0.836 bits per heavy atom. The molecule has 11 aromatic rings. The Labute approximate surface area is 358 Å². The summed E-state index contributed by atoms with van der Waals surface area (Å²) in [5.74, 6) is 1.72. The Bertz CT molecular complexity index is 3500. The highest BCUT2D eigenvalue weighted by atomic mass is 16.3. The molecule has 8 aromatic carbocycles. The number of nitrogens with zero attached hydrogens (tertiary/aromatic N) is 3. The van der Waals surface area contributed by atoms with E-state index in [1.54, 1.807) is 0 Å². The second-order valence-electron chi connectivity index (χ2n) is 16.1. The first-order chi connectivity index (χ1) is 29.8. The van der Waals surface area contributed by atoms with Gasteiger partial charge in [0.1, 0.15) is 61.6 Å². The van der Waals surface area contributed by atoms with Crippen LogP contribution in [0.4, 0.5) is 0 Å². The van der Waals surface area contributed by atoms with Gasteiger partial charge >= 0.3 is 0 Å². The quantitative estimate of drug-likeness (QED) is 0.224. The van der Waals surface area contributed by atoms with Crippen molar-refractivity contribution < 1.29 is 8.83 Å². The molecule has 10 heteroatoms. The van der Waals surface area contributed by atoms with Gasteiger partial charge in [-0.25, -0.2) is 15.0 Å². The maximum absolute atomic E-state index is 6.48. The van der Waals surface area contributed by atoms with E-state index in [9.17, 15) is 0 Å². The molecule has 0 radical (unpaired) electrons. The predicted molar refractivity (Wildman–Crippen MR) is 268 cm³/mol. The summed E-state index contributed by atoms with van der Waals surface area (Å²) < 4.78 is 12.9. The zero-order chi connectivity index (χ0) is 41.4. The van der Waals surface area contributed by atoms with Crippen LogP contribution in [0.3, 0.4) is 0 Å². The Balaban J connectivity index is 0.925. The number of aromatic nitrogens is 3. The maximum Gasteiger partial charge on any atom is 0.167 e. The third kappa shape index (κ3) is 6.21. The van der Waals surface area contributed by atoms with Crippen LogP contribution in [0.25, 0.3) is 111 Å². The van der Waals surface area contributed by atoms with E-state index in [2.05, 4.69) is 124 Å². The Kier molecular flexibility index (Phi) is 8.71. The first kappa shape index (κ1) is 36.8. The van der Waals surface area contributed by atoms with Gasteiger partial charge in [-0.3, -0.25) is 0 Å². The second kappa shape index (κ2) is 14.5. The van der Waals surface area contributed by atoms with Gasteiger partial charge in [-0.2, -0.15) is 0 Å². The van der Waals surface area contributed by atoms with Gasteiger partial charge in [-0.05, 0) is 75.8 Å². The van der Waals surface area contributed by atoms with E-state index < -0.39 is 0 Å². The van der Waals surface area contributed by atoms with Crippen LogP contribution in [0.15, 0.2) is 167 Å². The fraction of sp³-hybridized carbons (Fsp3) is 0. The van der Waals surface area contributed by atoms with Crippen LogP contribution in [-0.2, 0) is 0 Å². The van der Waals surface area contributed by atoms with E-state index >= 15 is 0 Å². The van der Waals surface area contributed by atoms with Gasteiger partial charge in [-0.1, -0.05) is 126 Å². The van der Waals surface area contributed by atoms with Crippen LogP contribution in [-0.4, -0.2) is 54.2 Å². The molecule has 282 valence electrons. The van der Waals surface area contributed by atoms with E-state index in [4.69, 9.17) is 23.8 Å². The number of fused-ring (bicyclic) bond motifs is 6. The number of hydrogen-bond acceptors (Lipinski definition) is 5. The number of hydrogen-bond donors (Lipinski definition) is 0. The maximum atomic E-state index is 6.48. The van der Waals surface area contributed by atoms with Crippen molar-refractivity contribution in [3.8, 4) is 67.5 Å². The molecule has 0 aliphatic carbocycles. The van der Waals surface area contributed by atoms with Crippen LogP contribution in [0.5, 0.6) is 0 Å². The summed E-state index contributed by atoms with van der Waals surface area (Å²) in [7, 11) is 11.2. The molecule has 3 heterocycles. The van der Waals surface area contributed by atoms with E-state index in [-0.39, 0.29) is 0 Å². The minimum Gasteiger partial charge on any atom is -0.456 e. The number of furan rings is 2. The lowest BCUT2D eigenvalue weighted by atomic mass is 9.59. The van der Waals surface area contributed by atoms with Gasteiger partial charge in [0, 0.05) is 32.7 Å². The molecule has 0 amide bonds. The molecule has 0 N–H and O–H groups in total. The Morgan fingerprint density at radius 1 is 0.311 bits per heavy atom. The normalized spacial score (nSPS) is 11.6. The van der Waals surface area contributed by atoms with Gasteiger partial charge < -0.3 is 8.83 Å². The minimum absolute atomic E-state index is 0.552. The molecule has 0 saturated heterocycles. The molecule has 61 heavy (non-hydrogen) atoms. The van der Waals surface area contributed by atoms with Crippen molar-refractivity contribution in [1.29, 1.82) is 0 Å². The van der Waals surface area contributed by atoms with Crippen molar-refractivity contribution in [1.82, 2.24) is 15.0 Å². The highest BCUT2D eigenvalue weighted by Crippen LogP contribution is 2.38. The highest BCUT2D eigenvalue weighted by molar-refractivity contribution is 6.68. The lowest BCUT2D eigenvalue weighted by molar-refractivity contribution is 0.669. The molecule has 0 fully saturated rings. The van der Waals surface area contributed by atoms with Crippen molar-refractivity contribution in [2.75, 3.05) is 0 Å². The summed E-state index contributed by atoms with van der Waals surface area (Å²) in [5, 5.41) is 4.12. The van der Waals surface area contributed by atoms with Crippen molar-refractivity contribution >= 4 is 110 Å². The third-order valence-electron chi connectivity index (χ3n) is 12.8. The van der Waals surface area contributed by atoms with E-state index in [0.29, 0.717) is 17.5 Å². The molecule has 5 nitrogen and oxygen atoms in total. The van der Waals surface area contributed by atoms with Crippen LogP contribution >= 0.6 is 0 Å². The molecule has 0 saturated carbocycles. The molecule has 0 aliphatic rings. The van der Waals surface area contributed by atoms with E-state index in [1.165, 1.54) is 49.6 Å². The average molecular weight is 777 g/mol. The summed E-state index contributed by atoms with van der Waals surface area (Å²) in [4.78, 5) is 15.1. The third-order valence-corrected chi connectivity index (χ3v) is 12.8. The molecular weight excluding hydrogens is 741 g/mol. The lowest BCUT2D eigenvalue weighted by Crippen LogP contribution is -2.55. The van der Waals surface area contributed by atoms with Gasteiger partial charge in [0.2, 0.25) is 0 Å². The predicted octanol–water partition coefficient (Wildman–Crippen LogP) is 4.96. The summed E-state index contributed by atoms with van der Waals surface area (Å²) in [5.41, 5.74) is 19.9. The largest absolute Gasteiger partial charge is 0.456 e. The fourth-order valence-corrected chi connectivity index (χ4v) is 8.98. The monoisotopic (exact) mass is 777 g/mol. The zero-order valence-corrected chi connectivity index (χ0v) is 34.7. The molecule has 11 rings (SSSR count). The molecule has 0 spiro atoms. The number of rotatable bonds is 6. The van der Waals surface area contributed by atoms with Gasteiger partial charge in [0.15, 0.2) is 17.5 Å². The highest BCUT2D eigenvalue weighted by Gasteiger charge is 2.19. The minimum atomic E-state index is 0.552. The summed E-state index contributed by atoms with van der Waals surface area (Å²) in [6, 6.07) is 54.7.